The van der Waals surface area contributed by atoms with Gasteiger partial charge in [-0.1, -0.05) is 6.08 Å². The molecule has 0 unspecified atom stereocenters. The van der Waals surface area contributed by atoms with E-state index in [1.807, 2.05) is 42.5 Å². The molecule has 2 heterocycles. The van der Waals surface area contributed by atoms with Crippen LogP contribution >= 0.6 is 0 Å². The molecule has 0 atom stereocenters. The van der Waals surface area contributed by atoms with Crippen LogP contribution in [0.4, 0.5) is 5.82 Å². The first-order valence-corrected chi connectivity index (χ1v) is 10.8. The first-order chi connectivity index (χ1) is 16.0. The maximum atomic E-state index is 9.96. The molecule has 1 N–H and O–H groups in total. The first-order valence-electron chi connectivity index (χ1n) is 10.8. The van der Waals surface area contributed by atoms with Gasteiger partial charge in [0.1, 0.15) is 17.3 Å². The predicted molar refractivity (Wildman–Crippen MR) is 129 cm³/mol. The van der Waals surface area contributed by atoms with Crippen LogP contribution in [0.1, 0.15) is 24.2 Å². The van der Waals surface area contributed by atoms with Gasteiger partial charge in [0.05, 0.1) is 40.1 Å². The fraction of sp³-hybridized carbons (Fsp3) is 0.360. The van der Waals surface area contributed by atoms with Crippen LogP contribution in [0.3, 0.4) is 0 Å². The van der Waals surface area contributed by atoms with Crippen molar-refractivity contribution in [3.63, 3.8) is 0 Å². The molecule has 0 radical (unpaired) electrons. The molecule has 174 valence electrons. The van der Waals surface area contributed by atoms with Gasteiger partial charge in [0, 0.05) is 30.6 Å². The normalized spacial score (nSPS) is 14.6. The van der Waals surface area contributed by atoms with Crippen LogP contribution in [0.2, 0.25) is 0 Å². The van der Waals surface area contributed by atoms with Gasteiger partial charge in [0.2, 0.25) is 0 Å². The van der Waals surface area contributed by atoms with E-state index in [4.69, 9.17) is 28.9 Å². The van der Waals surface area contributed by atoms with E-state index in [9.17, 15) is 5.11 Å². The third-order valence-corrected chi connectivity index (χ3v) is 5.76. The number of hydrogen-bond donors (Lipinski definition) is 1. The summed E-state index contributed by atoms with van der Waals surface area (Å²) in [6.45, 7) is 1.44. The molecule has 1 saturated heterocycles. The minimum atomic E-state index is -0.272. The van der Waals surface area contributed by atoms with E-state index in [1.54, 1.807) is 28.4 Å². The summed E-state index contributed by atoms with van der Waals surface area (Å²) < 4.78 is 21.7. The molecule has 1 aliphatic rings. The number of ether oxygens (including phenoxy) is 4. The van der Waals surface area contributed by atoms with Gasteiger partial charge in [-0.05, 0) is 42.7 Å². The number of aromatic nitrogens is 2. The molecule has 33 heavy (non-hydrogen) atoms. The molecule has 0 spiro atoms. The van der Waals surface area contributed by atoms with Crippen LogP contribution in [-0.4, -0.2) is 62.7 Å². The molecule has 1 aromatic heterocycles. The minimum absolute atomic E-state index is 0.272. The number of rotatable bonds is 7. The number of anilines is 1. The first kappa shape index (κ1) is 22.7. The second-order valence-corrected chi connectivity index (χ2v) is 7.83. The van der Waals surface area contributed by atoms with Crippen molar-refractivity contribution in [2.75, 3.05) is 46.4 Å². The lowest BCUT2D eigenvalue weighted by Crippen LogP contribution is -2.36. The fourth-order valence-corrected chi connectivity index (χ4v) is 3.95. The van der Waals surface area contributed by atoms with Crippen molar-refractivity contribution in [3.05, 3.63) is 41.7 Å². The minimum Gasteiger partial charge on any atom is -0.497 e. The number of aliphatic hydroxyl groups excluding tert-OH is 1. The maximum absolute atomic E-state index is 9.96. The lowest BCUT2D eigenvalue weighted by Gasteiger charge is -2.31. The van der Waals surface area contributed by atoms with Crippen molar-refractivity contribution in [1.29, 1.82) is 0 Å². The number of piperidine rings is 1. The number of hydrogen-bond acceptors (Lipinski definition) is 8. The summed E-state index contributed by atoms with van der Waals surface area (Å²) in [7, 11) is 6.46. The monoisotopic (exact) mass is 451 g/mol. The van der Waals surface area contributed by atoms with Crippen molar-refractivity contribution in [1.82, 2.24) is 9.97 Å². The molecule has 0 saturated carbocycles. The van der Waals surface area contributed by atoms with E-state index >= 15 is 0 Å². The van der Waals surface area contributed by atoms with E-state index in [0.717, 1.165) is 35.4 Å². The Morgan fingerprint density at radius 2 is 1.45 bits per heavy atom. The quantitative estimate of drug-likeness (QED) is 0.581. The molecule has 4 rings (SSSR count). The summed E-state index contributed by atoms with van der Waals surface area (Å²) in [5.41, 5.74) is 1.66. The number of aliphatic hydroxyl groups is 1. The summed E-state index contributed by atoms with van der Waals surface area (Å²) >= 11 is 0. The van der Waals surface area contributed by atoms with Crippen molar-refractivity contribution in [2.45, 2.75) is 18.9 Å². The topological polar surface area (TPSA) is 86.2 Å². The number of methoxy groups -OCH3 is 4. The van der Waals surface area contributed by atoms with E-state index < -0.39 is 0 Å². The lowest BCUT2D eigenvalue weighted by atomic mass is 10.1. The maximum Gasteiger partial charge on any atom is 0.162 e. The highest BCUT2D eigenvalue weighted by molar-refractivity contribution is 5.93. The second-order valence-electron chi connectivity index (χ2n) is 7.83. The van der Waals surface area contributed by atoms with Crippen LogP contribution in [0.25, 0.3) is 23.1 Å². The van der Waals surface area contributed by atoms with Crippen LogP contribution < -0.4 is 23.8 Å². The highest BCUT2D eigenvalue weighted by Crippen LogP contribution is 2.36. The molecule has 8 heteroatoms. The van der Waals surface area contributed by atoms with Crippen molar-refractivity contribution in [3.8, 4) is 23.0 Å². The van der Waals surface area contributed by atoms with E-state index in [1.165, 1.54) is 0 Å². The Bertz CT molecular complexity index is 1130. The van der Waals surface area contributed by atoms with Crippen LogP contribution in [0.5, 0.6) is 23.0 Å². The second kappa shape index (κ2) is 9.95. The van der Waals surface area contributed by atoms with Crippen molar-refractivity contribution >= 4 is 28.9 Å². The Hall–Kier alpha value is -3.52. The van der Waals surface area contributed by atoms with Gasteiger partial charge >= 0.3 is 0 Å². The van der Waals surface area contributed by atoms with Gasteiger partial charge in [-0.2, -0.15) is 0 Å². The molecule has 0 aliphatic carbocycles. The highest BCUT2D eigenvalue weighted by Gasteiger charge is 2.22. The van der Waals surface area contributed by atoms with E-state index in [0.29, 0.717) is 41.7 Å². The summed E-state index contributed by atoms with van der Waals surface area (Å²) in [5.74, 6) is 4.03. The lowest BCUT2D eigenvalue weighted by molar-refractivity contribution is 0.145. The zero-order chi connectivity index (χ0) is 23.4. The van der Waals surface area contributed by atoms with Gasteiger partial charge in [0.25, 0.3) is 0 Å². The zero-order valence-corrected chi connectivity index (χ0v) is 19.4. The van der Waals surface area contributed by atoms with Gasteiger partial charge in [-0.3, -0.25) is 0 Å². The van der Waals surface area contributed by atoms with E-state index in [2.05, 4.69) is 4.90 Å². The van der Waals surface area contributed by atoms with Gasteiger partial charge < -0.3 is 29.0 Å². The molecule has 8 nitrogen and oxygen atoms in total. The predicted octanol–water partition coefficient (Wildman–Crippen LogP) is 3.80. The fourth-order valence-electron chi connectivity index (χ4n) is 3.95. The van der Waals surface area contributed by atoms with Gasteiger partial charge in [-0.15, -0.1) is 0 Å². The molecule has 0 amide bonds. The third kappa shape index (κ3) is 4.96. The molecule has 1 fully saturated rings. The highest BCUT2D eigenvalue weighted by atomic mass is 16.5. The Morgan fingerprint density at radius 1 is 0.818 bits per heavy atom. The number of benzene rings is 2. The molecular formula is C25H29N3O5. The smallest absolute Gasteiger partial charge is 0.162 e. The standard InChI is InChI=1S/C25H29N3O5/c1-30-18-11-16(12-19(13-18)31-2)5-6-24-26-21-15-23(33-4)22(32-3)14-20(21)25(27-24)28-9-7-17(29)8-10-28/h5-6,11-15,17,29H,7-10H2,1-4H3/b6-5+. The van der Waals surface area contributed by atoms with Crippen LogP contribution in [0.15, 0.2) is 30.3 Å². The average Bonchev–Trinajstić information content (AvgIpc) is 2.86. The summed E-state index contributed by atoms with van der Waals surface area (Å²) in [4.78, 5) is 11.8. The van der Waals surface area contributed by atoms with Crippen LogP contribution in [-0.2, 0) is 0 Å². The zero-order valence-electron chi connectivity index (χ0n) is 19.4. The van der Waals surface area contributed by atoms with Crippen molar-refractivity contribution in [2.24, 2.45) is 0 Å². The molecule has 3 aromatic rings. The number of fused-ring (bicyclic) bond motifs is 1. The number of nitrogens with zero attached hydrogens (tertiary/aromatic N) is 3. The molecule has 2 aromatic carbocycles. The SMILES string of the molecule is COc1cc(/C=C/c2nc(N3CCC(O)CC3)c3cc(OC)c(OC)cc3n2)cc(OC)c1. The molecule has 0 bridgehead atoms. The van der Waals surface area contributed by atoms with Crippen molar-refractivity contribution < 1.29 is 24.1 Å². The summed E-state index contributed by atoms with van der Waals surface area (Å²) in [6.07, 6.45) is 4.93. The molecular weight excluding hydrogens is 422 g/mol. The van der Waals surface area contributed by atoms with Crippen LogP contribution in [0, 0.1) is 0 Å². The Kier molecular flexibility index (Phi) is 6.84. The third-order valence-electron chi connectivity index (χ3n) is 5.76. The van der Waals surface area contributed by atoms with E-state index in [-0.39, 0.29) is 6.10 Å². The average molecular weight is 452 g/mol. The summed E-state index contributed by atoms with van der Waals surface area (Å²) in [6, 6.07) is 9.44. The van der Waals surface area contributed by atoms with Gasteiger partial charge in [-0.25, -0.2) is 9.97 Å². The summed E-state index contributed by atoms with van der Waals surface area (Å²) in [5, 5.41) is 10.8. The van der Waals surface area contributed by atoms with Gasteiger partial charge in [0.15, 0.2) is 17.3 Å². The Balaban J connectivity index is 1.79. The Labute approximate surface area is 193 Å². The Morgan fingerprint density at radius 3 is 2.06 bits per heavy atom. The largest absolute Gasteiger partial charge is 0.497 e. The molecule has 1 aliphatic heterocycles.